The van der Waals surface area contributed by atoms with Gasteiger partial charge in [0.15, 0.2) is 0 Å². The Hall–Kier alpha value is -1.88. The quantitative estimate of drug-likeness (QED) is 0.775. The Morgan fingerprint density at radius 1 is 1.40 bits per heavy atom. The lowest BCUT2D eigenvalue weighted by atomic mass is 10.1. The molecular weight excluding hydrogens is 256 g/mol. The van der Waals surface area contributed by atoms with Gasteiger partial charge in [-0.2, -0.15) is 0 Å². The van der Waals surface area contributed by atoms with Crippen LogP contribution in [0.15, 0.2) is 30.3 Å². The molecule has 1 aromatic rings. The largest absolute Gasteiger partial charge is 0.467 e. The van der Waals surface area contributed by atoms with E-state index < -0.39 is 12.0 Å². The summed E-state index contributed by atoms with van der Waals surface area (Å²) in [6.07, 6.45) is 2.23. The third-order valence-electron chi connectivity index (χ3n) is 3.46. The highest BCUT2D eigenvalue weighted by Crippen LogP contribution is 2.08. The van der Waals surface area contributed by atoms with Gasteiger partial charge in [-0.25, -0.2) is 4.79 Å². The van der Waals surface area contributed by atoms with E-state index in [2.05, 4.69) is 10.6 Å². The number of hydrogen-bond acceptors (Lipinski definition) is 4. The number of carbonyl (C=O) groups excluding carboxylic acids is 2. The second kappa shape index (κ2) is 7.05. The Bertz CT molecular complexity index is 455. The second-order valence-electron chi connectivity index (χ2n) is 4.92. The van der Waals surface area contributed by atoms with E-state index in [9.17, 15) is 9.59 Å². The molecule has 1 aliphatic heterocycles. The van der Waals surface area contributed by atoms with Gasteiger partial charge in [0.1, 0.15) is 6.04 Å². The molecular formula is C15H20N2O3. The first kappa shape index (κ1) is 14.5. The Labute approximate surface area is 118 Å². The fourth-order valence-electron chi connectivity index (χ4n) is 2.37. The van der Waals surface area contributed by atoms with Gasteiger partial charge in [-0.3, -0.25) is 4.79 Å². The van der Waals surface area contributed by atoms with Crippen LogP contribution in [0.1, 0.15) is 18.4 Å². The van der Waals surface area contributed by atoms with Gasteiger partial charge in [0.2, 0.25) is 5.91 Å². The summed E-state index contributed by atoms with van der Waals surface area (Å²) >= 11 is 0. The molecule has 2 N–H and O–H groups in total. The molecule has 0 spiro atoms. The number of benzene rings is 1. The lowest BCUT2D eigenvalue weighted by Crippen LogP contribution is -2.49. The maximum atomic E-state index is 12.1. The van der Waals surface area contributed by atoms with Crippen molar-refractivity contribution in [3.8, 4) is 0 Å². The average Bonchev–Trinajstić information content (AvgIpc) is 3.01. The van der Waals surface area contributed by atoms with Crippen molar-refractivity contribution in [1.82, 2.24) is 10.6 Å². The topological polar surface area (TPSA) is 67.4 Å². The molecule has 1 saturated heterocycles. The number of amides is 1. The minimum Gasteiger partial charge on any atom is -0.467 e. The van der Waals surface area contributed by atoms with Gasteiger partial charge < -0.3 is 15.4 Å². The van der Waals surface area contributed by atoms with E-state index in [1.165, 1.54) is 7.11 Å². The van der Waals surface area contributed by atoms with E-state index in [1.54, 1.807) is 0 Å². The molecule has 1 fully saturated rings. The molecule has 0 bridgehead atoms. The van der Waals surface area contributed by atoms with Crippen LogP contribution in [-0.4, -0.2) is 37.6 Å². The van der Waals surface area contributed by atoms with Crippen molar-refractivity contribution < 1.29 is 14.3 Å². The zero-order chi connectivity index (χ0) is 14.4. The van der Waals surface area contributed by atoms with Crippen LogP contribution in [0.5, 0.6) is 0 Å². The predicted octanol–water partition coefficient (Wildman–Crippen LogP) is 0.639. The molecule has 5 nitrogen and oxygen atoms in total. The second-order valence-corrected chi connectivity index (χ2v) is 4.92. The van der Waals surface area contributed by atoms with Gasteiger partial charge >= 0.3 is 5.97 Å². The SMILES string of the molecule is COC(=O)[C@H](Cc1ccccc1)NC(=O)[C@H]1CCCN1. The van der Waals surface area contributed by atoms with Gasteiger partial charge in [-0.1, -0.05) is 30.3 Å². The minimum absolute atomic E-state index is 0.131. The van der Waals surface area contributed by atoms with Crippen LogP contribution in [0.4, 0.5) is 0 Å². The van der Waals surface area contributed by atoms with Crippen molar-refractivity contribution in [3.63, 3.8) is 0 Å². The molecule has 108 valence electrons. The highest BCUT2D eigenvalue weighted by molar-refractivity contribution is 5.87. The van der Waals surface area contributed by atoms with Crippen LogP contribution < -0.4 is 10.6 Å². The molecule has 1 aliphatic rings. The summed E-state index contributed by atoms with van der Waals surface area (Å²) in [6.45, 7) is 0.847. The molecule has 0 saturated carbocycles. The molecule has 1 aromatic carbocycles. The molecule has 1 heterocycles. The molecule has 2 rings (SSSR count). The normalized spacial score (nSPS) is 19.4. The van der Waals surface area contributed by atoms with E-state index in [4.69, 9.17) is 4.74 Å². The van der Waals surface area contributed by atoms with Crippen LogP contribution in [0.2, 0.25) is 0 Å². The molecule has 20 heavy (non-hydrogen) atoms. The van der Waals surface area contributed by atoms with Gasteiger partial charge in [0, 0.05) is 6.42 Å². The van der Waals surface area contributed by atoms with Crippen molar-refractivity contribution in [1.29, 1.82) is 0 Å². The Morgan fingerprint density at radius 3 is 2.75 bits per heavy atom. The van der Waals surface area contributed by atoms with Crippen molar-refractivity contribution in [3.05, 3.63) is 35.9 Å². The zero-order valence-corrected chi connectivity index (χ0v) is 11.6. The lowest BCUT2D eigenvalue weighted by Gasteiger charge is -2.19. The standard InChI is InChI=1S/C15H20N2O3/c1-20-15(19)13(10-11-6-3-2-4-7-11)17-14(18)12-8-5-9-16-12/h2-4,6-7,12-13,16H,5,8-10H2,1H3,(H,17,18)/t12-,13+/m1/s1. The summed E-state index contributed by atoms with van der Waals surface area (Å²) in [5.41, 5.74) is 0.989. The van der Waals surface area contributed by atoms with E-state index in [0.717, 1.165) is 24.9 Å². The van der Waals surface area contributed by atoms with Gasteiger partial charge in [0.05, 0.1) is 13.2 Å². The molecule has 0 aliphatic carbocycles. The van der Waals surface area contributed by atoms with Crippen molar-refractivity contribution in [2.75, 3.05) is 13.7 Å². The average molecular weight is 276 g/mol. The number of esters is 1. The Balaban J connectivity index is 2.00. The van der Waals surface area contributed by atoms with Crippen molar-refractivity contribution in [2.45, 2.75) is 31.3 Å². The van der Waals surface area contributed by atoms with Crippen molar-refractivity contribution >= 4 is 11.9 Å². The van der Waals surface area contributed by atoms with Gasteiger partial charge in [0.25, 0.3) is 0 Å². The Morgan fingerprint density at radius 2 is 2.15 bits per heavy atom. The summed E-state index contributed by atoms with van der Waals surface area (Å²) in [5.74, 6) is -0.547. The number of carbonyl (C=O) groups is 2. The molecule has 5 heteroatoms. The maximum absolute atomic E-state index is 12.1. The fraction of sp³-hybridized carbons (Fsp3) is 0.467. The first-order chi connectivity index (χ1) is 9.70. The highest BCUT2D eigenvalue weighted by Gasteiger charge is 2.27. The van der Waals surface area contributed by atoms with Crippen molar-refractivity contribution in [2.24, 2.45) is 0 Å². The number of nitrogens with one attached hydrogen (secondary N) is 2. The minimum atomic E-state index is -0.641. The summed E-state index contributed by atoms with van der Waals surface area (Å²) in [4.78, 5) is 23.9. The Kier molecular flexibility index (Phi) is 5.12. The van der Waals surface area contributed by atoms with Gasteiger partial charge in [-0.15, -0.1) is 0 Å². The number of ether oxygens (including phenoxy) is 1. The molecule has 0 aromatic heterocycles. The smallest absolute Gasteiger partial charge is 0.328 e. The predicted molar refractivity (Wildman–Crippen MR) is 75.1 cm³/mol. The first-order valence-electron chi connectivity index (χ1n) is 6.86. The van der Waals surface area contributed by atoms with Crippen LogP contribution in [0, 0.1) is 0 Å². The summed E-state index contributed by atoms with van der Waals surface area (Å²) < 4.78 is 4.77. The van der Waals surface area contributed by atoms with E-state index in [-0.39, 0.29) is 11.9 Å². The maximum Gasteiger partial charge on any atom is 0.328 e. The zero-order valence-electron chi connectivity index (χ0n) is 11.6. The van der Waals surface area contributed by atoms with Crippen LogP contribution in [0.25, 0.3) is 0 Å². The monoisotopic (exact) mass is 276 g/mol. The van der Waals surface area contributed by atoms with E-state index in [0.29, 0.717) is 6.42 Å². The first-order valence-corrected chi connectivity index (χ1v) is 6.86. The van der Waals surface area contributed by atoms with Crippen LogP contribution >= 0.6 is 0 Å². The molecule has 2 atom stereocenters. The summed E-state index contributed by atoms with van der Waals surface area (Å²) in [6, 6.07) is 8.74. The fourth-order valence-corrected chi connectivity index (χ4v) is 2.37. The van der Waals surface area contributed by atoms with Crippen LogP contribution in [-0.2, 0) is 20.7 Å². The third-order valence-corrected chi connectivity index (χ3v) is 3.46. The summed E-state index contributed by atoms with van der Waals surface area (Å²) in [5, 5.41) is 5.90. The highest BCUT2D eigenvalue weighted by atomic mass is 16.5. The molecule has 0 radical (unpaired) electrons. The molecule has 0 unspecified atom stereocenters. The third kappa shape index (κ3) is 3.81. The van der Waals surface area contributed by atoms with E-state index >= 15 is 0 Å². The van der Waals surface area contributed by atoms with Gasteiger partial charge in [-0.05, 0) is 24.9 Å². The summed E-state index contributed by atoms with van der Waals surface area (Å²) in [7, 11) is 1.33. The molecule has 1 amide bonds. The van der Waals surface area contributed by atoms with E-state index in [1.807, 2.05) is 30.3 Å². The number of methoxy groups -OCH3 is 1. The number of rotatable bonds is 5. The van der Waals surface area contributed by atoms with Crippen LogP contribution in [0.3, 0.4) is 0 Å². The number of hydrogen-bond donors (Lipinski definition) is 2. The lowest BCUT2D eigenvalue weighted by molar-refractivity contribution is -0.145.